The fourth-order valence-electron chi connectivity index (χ4n) is 3.95. The molecule has 1 aliphatic heterocycles. The predicted molar refractivity (Wildman–Crippen MR) is 117 cm³/mol. The molecule has 0 bridgehead atoms. The van der Waals surface area contributed by atoms with Gasteiger partial charge in [0.05, 0.1) is 5.56 Å². The van der Waals surface area contributed by atoms with Crippen molar-refractivity contribution in [1.82, 2.24) is 0 Å². The fraction of sp³-hybridized carbons (Fsp3) is 0.0769. The molecular weight excluding hydrogens is 415 g/mol. The van der Waals surface area contributed by atoms with Crippen molar-refractivity contribution in [2.24, 2.45) is 0 Å². The summed E-state index contributed by atoms with van der Waals surface area (Å²) >= 11 is 0. The molecule has 1 heterocycles. The largest absolute Gasteiger partial charge is 0.480 e. The van der Waals surface area contributed by atoms with Crippen LogP contribution in [-0.2, 0) is 0 Å². The molecule has 0 spiro atoms. The Balaban J connectivity index is 1.65. The molecule has 1 unspecified atom stereocenters. The van der Waals surface area contributed by atoms with Gasteiger partial charge in [0.2, 0.25) is 0 Å². The van der Waals surface area contributed by atoms with Gasteiger partial charge in [0.25, 0.3) is 0 Å². The van der Waals surface area contributed by atoms with Crippen LogP contribution in [0.15, 0.2) is 91.0 Å². The maximum Gasteiger partial charge on any atom is 0.387 e. The maximum atomic E-state index is 14.0. The summed E-state index contributed by atoms with van der Waals surface area (Å²) in [6.07, 6.45) is -0.618. The number of rotatable bonds is 5. The Morgan fingerprint density at radius 1 is 0.812 bits per heavy atom. The van der Waals surface area contributed by atoms with E-state index in [1.807, 2.05) is 48.5 Å². The molecule has 1 aliphatic rings. The minimum Gasteiger partial charge on any atom is -0.480 e. The Morgan fingerprint density at radius 3 is 2.41 bits per heavy atom. The zero-order valence-electron chi connectivity index (χ0n) is 16.8. The van der Waals surface area contributed by atoms with Gasteiger partial charge >= 0.3 is 6.61 Å². The Bertz CT molecular complexity index is 1260. The smallest absolute Gasteiger partial charge is 0.387 e. The van der Waals surface area contributed by atoms with E-state index in [-0.39, 0.29) is 11.6 Å². The summed E-state index contributed by atoms with van der Waals surface area (Å²) in [4.78, 5) is 0. The van der Waals surface area contributed by atoms with Gasteiger partial charge in [0.15, 0.2) is 0 Å². The van der Waals surface area contributed by atoms with E-state index in [4.69, 9.17) is 9.47 Å². The average Bonchev–Trinajstić information content (AvgIpc) is 2.79. The first-order valence-electron chi connectivity index (χ1n) is 10.0. The van der Waals surface area contributed by atoms with Crippen LogP contribution in [0.1, 0.15) is 17.2 Å². The minimum absolute atomic E-state index is 0.0280. The van der Waals surface area contributed by atoms with Crippen molar-refractivity contribution in [3.8, 4) is 22.6 Å². The second-order valence-electron chi connectivity index (χ2n) is 7.35. The molecule has 0 saturated heterocycles. The summed E-state index contributed by atoms with van der Waals surface area (Å²) in [5.74, 6) is 0.0423. The van der Waals surface area contributed by atoms with Crippen LogP contribution in [0.3, 0.4) is 0 Å². The van der Waals surface area contributed by atoms with Crippen LogP contribution in [0.25, 0.3) is 11.1 Å². The van der Waals surface area contributed by atoms with Gasteiger partial charge in [-0.05, 0) is 59.7 Å². The molecule has 1 atom stereocenters. The molecule has 5 rings (SSSR count). The summed E-state index contributed by atoms with van der Waals surface area (Å²) in [6, 6.07) is 26.2. The lowest BCUT2D eigenvalue weighted by atomic mass is 9.88. The Kier molecular flexibility index (Phi) is 5.19. The highest BCUT2D eigenvalue weighted by Gasteiger charge is 2.31. The Labute approximate surface area is 183 Å². The number of ether oxygens (including phenoxy) is 2. The number of halogens is 3. The molecule has 4 aromatic rings. The third-order valence-electron chi connectivity index (χ3n) is 5.27. The normalized spacial score (nSPS) is 14.3. The molecule has 0 aliphatic carbocycles. The third kappa shape index (κ3) is 3.87. The molecular formula is C26H18F3NO2. The number of benzene rings is 4. The zero-order valence-corrected chi connectivity index (χ0v) is 16.8. The van der Waals surface area contributed by atoms with Crippen LogP contribution in [0.5, 0.6) is 11.5 Å². The topological polar surface area (TPSA) is 30.5 Å². The van der Waals surface area contributed by atoms with E-state index in [9.17, 15) is 13.2 Å². The van der Waals surface area contributed by atoms with E-state index < -0.39 is 12.7 Å². The number of nitrogens with one attached hydrogen (secondary N) is 1. The molecule has 0 saturated carbocycles. The lowest BCUT2D eigenvalue weighted by molar-refractivity contribution is -0.0496. The second-order valence-corrected chi connectivity index (χ2v) is 7.35. The SMILES string of the molecule is Fc1cccc(C2Oc3cccc(OC(F)F)c3-c3ccc(Nc4ccccc4)cc32)c1. The second kappa shape index (κ2) is 8.30. The number of hydrogen-bond acceptors (Lipinski definition) is 3. The molecule has 160 valence electrons. The summed E-state index contributed by atoms with van der Waals surface area (Å²) in [5, 5.41) is 3.33. The van der Waals surface area contributed by atoms with Crippen LogP contribution in [0.4, 0.5) is 24.5 Å². The average molecular weight is 433 g/mol. The van der Waals surface area contributed by atoms with Crippen LogP contribution in [0.2, 0.25) is 0 Å². The van der Waals surface area contributed by atoms with E-state index in [0.717, 1.165) is 11.4 Å². The number of alkyl halides is 2. The molecule has 0 radical (unpaired) electrons. The number of fused-ring (bicyclic) bond motifs is 3. The molecule has 4 aromatic carbocycles. The van der Waals surface area contributed by atoms with Crippen molar-refractivity contribution in [3.63, 3.8) is 0 Å². The standard InChI is InChI=1S/C26H18F3NO2/c27-17-7-4-6-16(14-17)25-21-15-19(30-18-8-2-1-3-9-18)12-13-20(21)24-22(31-25)10-5-11-23(24)32-26(28)29/h1-15,25-26,30H. The molecule has 6 heteroatoms. The Hall–Kier alpha value is -3.93. The van der Waals surface area contributed by atoms with E-state index in [0.29, 0.717) is 28.0 Å². The number of hydrogen-bond donors (Lipinski definition) is 1. The predicted octanol–water partition coefficient (Wildman–Crippen LogP) is 7.32. The Morgan fingerprint density at radius 2 is 1.62 bits per heavy atom. The van der Waals surface area contributed by atoms with E-state index in [1.165, 1.54) is 18.2 Å². The summed E-state index contributed by atoms with van der Waals surface area (Å²) in [6.45, 7) is -2.97. The van der Waals surface area contributed by atoms with Crippen molar-refractivity contribution >= 4 is 11.4 Å². The van der Waals surface area contributed by atoms with E-state index >= 15 is 0 Å². The van der Waals surface area contributed by atoms with Gasteiger partial charge in [0, 0.05) is 16.9 Å². The first-order valence-corrected chi connectivity index (χ1v) is 10.0. The van der Waals surface area contributed by atoms with Gasteiger partial charge in [-0.15, -0.1) is 0 Å². The van der Waals surface area contributed by atoms with Gasteiger partial charge < -0.3 is 14.8 Å². The van der Waals surface area contributed by atoms with Gasteiger partial charge in [-0.1, -0.05) is 42.5 Å². The van der Waals surface area contributed by atoms with Gasteiger partial charge in [0.1, 0.15) is 23.4 Å². The first kappa shape index (κ1) is 20.0. The summed E-state index contributed by atoms with van der Waals surface area (Å²) < 4.78 is 51.1. The number of para-hydroxylation sites is 1. The van der Waals surface area contributed by atoms with Crippen molar-refractivity contribution in [2.75, 3.05) is 5.32 Å². The minimum atomic E-state index is -2.97. The van der Waals surface area contributed by atoms with E-state index in [2.05, 4.69) is 5.32 Å². The zero-order chi connectivity index (χ0) is 22.1. The maximum absolute atomic E-state index is 14.0. The molecule has 0 aromatic heterocycles. The number of anilines is 2. The van der Waals surface area contributed by atoms with Crippen molar-refractivity contribution in [3.05, 3.63) is 108 Å². The lowest BCUT2D eigenvalue weighted by Crippen LogP contribution is -2.17. The van der Waals surface area contributed by atoms with Crippen LogP contribution in [-0.4, -0.2) is 6.61 Å². The van der Waals surface area contributed by atoms with Crippen LogP contribution < -0.4 is 14.8 Å². The fourth-order valence-corrected chi connectivity index (χ4v) is 3.95. The van der Waals surface area contributed by atoms with Gasteiger partial charge in [-0.3, -0.25) is 0 Å². The molecule has 3 nitrogen and oxygen atoms in total. The third-order valence-corrected chi connectivity index (χ3v) is 5.27. The van der Waals surface area contributed by atoms with Crippen molar-refractivity contribution in [1.29, 1.82) is 0 Å². The van der Waals surface area contributed by atoms with Crippen molar-refractivity contribution in [2.45, 2.75) is 12.7 Å². The molecule has 0 fully saturated rings. The van der Waals surface area contributed by atoms with E-state index in [1.54, 1.807) is 24.3 Å². The lowest BCUT2D eigenvalue weighted by Gasteiger charge is -2.30. The summed E-state index contributed by atoms with van der Waals surface area (Å²) in [5.41, 5.74) is 4.16. The summed E-state index contributed by atoms with van der Waals surface area (Å²) in [7, 11) is 0. The monoisotopic (exact) mass is 433 g/mol. The van der Waals surface area contributed by atoms with Gasteiger partial charge in [-0.2, -0.15) is 8.78 Å². The van der Waals surface area contributed by atoms with Gasteiger partial charge in [-0.25, -0.2) is 4.39 Å². The highest BCUT2D eigenvalue weighted by atomic mass is 19.3. The quantitative estimate of drug-likeness (QED) is 0.358. The molecule has 0 amide bonds. The van der Waals surface area contributed by atoms with Crippen LogP contribution in [0, 0.1) is 5.82 Å². The molecule has 32 heavy (non-hydrogen) atoms. The highest BCUT2D eigenvalue weighted by molar-refractivity contribution is 5.83. The highest BCUT2D eigenvalue weighted by Crippen LogP contribution is 2.50. The first-order chi connectivity index (χ1) is 15.6. The van der Waals surface area contributed by atoms with Crippen molar-refractivity contribution < 1.29 is 22.6 Å². The molecule has 1 N–H and O–H groups in total. The van der Waals surface area contributed by atoms with Crippen LogP contribution >= 0.6 is 0 Å².